The van der Waals surface area contributed by atoms with E-state index >= 15 is 0 Å². The van der Waals surface area contributed by atoms with Crippen LogP contribution >= 0.6 is 11.3 Å². The molecule has 1 aromatic rings. The van der Waals surface area contributed by atoms with Gasteiger partial charge in [0, 0.05) is 17.8 Å². The zero-order valence-corrected chi connectivity index (χ0v) is 9.72. The minimum Gasteiger partial charge on any atom is -0.393 e. The largest absolute Gasteiger partial charge is 0.393 e. The van der Waals surface area contributed by atoms with Gasteiger partial charge in [-0.3, -0.25) is 4.79 Å². The third-order valence-electron chi connectivity index (χ3n) is 2.06. The number of aliphatic hydroxyl groups is 1. The molecule has 0 aliphatic rings. The van der Waals surface area contributed by atoms with E-state index in [2.05, 4.69) is 5.32 Å². The number of amides is 1. The number of aliphatic hydroxyl groups excluding tert-OH is 1. The molecule has 1 unspecified atom stereocenters. The molecule has 4 heteroatoms. The summed E-state index contributed by atoms with van der Waals surface area (Å²) in [6.45, 7) is 2.28. The highest BCUT2D eigenvalue weighted by atomic mass is 32.1. The first kappa shape index (κ1) is 12.2. The number of aryl methyl sites for hydroxylation is 1. The lowest BCUT2D eigenvalue weighted by atomic mass is 10.2. The van der Waals surface area contributed by atoms with Crippen LogP contribution in [0.5, 0.6) is 0 Å². The Hall–Kier alpha value is -0.870. The summed E-state index contributed by atoms with van der Waals surface area (Å²) in [6.07, 6.45) is 1.60. The Morgan fingerprint density at radius 2 is 2.47 bits per heavy atom. The first-order valence-corrected chi connectivity index (χ1v) is 6.03. The van der Waals surface area contributed by atoms with E-state index < -0.39 is 0 Å². The molecule has 0 fully saturated rings. The summed E-state index contributed by atoms with van der Waals surface area (Å²) >= 11 is 1.67. The van der Waals surface area contributed by atoms with Gasteiger partial charge in [-0.25, -0.2) is 0 Å². The van der Waals surface area contributed by atoms with Crippen LogP contribution in [0.25, 0.3) is 0 Å². The normalized spacial score (nSPS) is 12.4. The highest BCUT2D eigenvalue weighted by Gasteiger charge is 2.03. The van der Waals surface area contributed by atoms with Crippen LogP contribution in [-0.2, 0) is 11.2 Å². The minimum atomic E-state index is -0.345. The maximum Gasteiger partial charge on any atom is 0.220 e. The molecule has 2 N–H and O–H groups in total. The summed E-state index contributed by atoms with van der Waals surface area (Å²) in [6, 6.07) is 4.03. The van der Waals surface area contributed by atoms with Gasteiger partial charge in [0.25, 0.3) is 0 Å². The molecule has 1 rings (SSSR count). The predicted octanol–water partition coefficient (Wildman–Crippen LogP) is 1.57. The van der Waals surface area contributed by atoms with Gasteiger partial charge in [-0.15, -0.1) is 11.3 Å². The van der Waals surface area contributed by atoms with Crippen LogP contribution in [0, 0.1) is 0 Å². The molecule has 0 bridgehead atoms. The first-order chi connectivity index (χ1) is 7.18. The van der Waals surface area contributed by atoms with Crippen molar-refractivity contribution in [3.8, 4) is 0 Å². The molecule has 0 spiro atoms. The SMILES string of the molecule is CC(O)CCNC(=O)CCc1cccs1. The zero-order valence-electron chi connectivity index (χ0n) is 8.90. The number of thiophene rings is 1. The Morgan fingerprint density at radius 1 is 1.67 bits per heavy atom. The molecule has 1 aromatic heterocycles. The lowest BCUT2D eigenvalue weighted by Crippen LogP contribution is -2.26. The molecular weight excluding hydrogens is 210 g/mol. The van der Waals surface area contributed by atoms with Gasteiger partial charge in [0.1, 0.15) is 0 Å². The van der Waals surface area contributed by atoms with Crippen molar-refractivity contribution in [2.24, 2.45) is 0 Å². The zero-order chi connectivity index (χ0) is 11.1. The molecule has 0 aromatic carbocycles. The summed E-state index contributed by atoms with van der Waals surface area (Å²) in [7, 11) is 0. The van der Waals surface area contributed by atoms with E-state index in [1.807, 2.05) is 17.5 Å². The number of hydrogen-bond acceptors (Lipinski definition) is 3. The molecule has 15 heavy (non-hydrogen) atoms. The molecule has 1 heterocycles. The number of rotatable bonds is 6. The second kappa shape index (κ2) is 6.58. The fraction of sp³-hybridized carbons (Fsp3) is 0.545. The minimum absolute atomic E-state index is 0.0593. The number of hydrogen-bond donors (Lipinski definition) is 2. The summed E-state index contributed by atoms with van der Waals surface area (Å²) in [4.78, 5) is 12.6. The van der Waals surface area contributed by atoms with Gasteiger partial charge in [-0.2, -0.15) is 0 Å². The van der Waals surface area contributed by atoms with E-state index in [4.69, 9.17) is 5.11 Å². The molecular formula is C11H17NO2S. The third-order valence-corrected chi connectivity index (χ3v) is 3.00. The van der Waals surface area contributed by atoms with E-state index in [-0.39, 0.29) is 12.0 Å². The van der Waals surface area contributed by atoms with Gasteiger partial charge in [0.15, 0.2) is 0 Å². The van der Waals surface area contributed by atoms with Crippen molar-refractivity contribution in [2.75, 3.05) is 6.54 Å². The average molecular weight is 227 g/mol. The summed E-state index contributed by atoms with van der Waals surface area (Å²) < 4.78 is 0. The second-order valence-corrected chi connectivity index (χ2v) is 4.60. The van der Waals surface area contributed by atoms with Crippen LogP contribution < -0.4 is 5.32 Å². The van der Waals surface area contributed by atoms with Crippen molar-refractivity contribution in [3.05, 3.63) is 22.4 Å². The van der Waals surface area contributed by atoms with Gasteiger partial charge in [-0.1, -0.05) is 6.07 Å². The van der Waals surface area contributed by atoms with Crippen LogP contribution in [0.4, 0.5) is 0 Å². The van der Waals surface area contributed by atoms with E-state index in [1.165, 1.54) is 4.88 Å². The highest BCUT2D eigenvalue weighted by molar-refractivity contribution is 7.09. The Labute approximate surface area is 94.1 Å². The molecule has 1 atom stereocenters. The van der Waals surface area contributed by atoms with Crippen LogP contribution in [0.3, 0.4) is 0 Å². The van der Waals surface area contributed by atoms with Crippen molar-refractivity contribution in [3.63, 3.8) is 0 Å². The maximum absolute atomic E-state index is 11.3. The lowest BCUT2D eigenvalue weighted by Gasteiger charge is -2.05. The van der Waals surface area contributed by atoms with E-state index in [9.17, 15) is 4.79 Å². The first-order valence-electron chi connectivity index (χ1n) is 5.15. The number of carbonyl (C=O) groups excluding carboxylic acids is 1. The van der Waals surface area contributed by atoms with Crippen LogP contribution in [0.2, 0.25) is 0 Å². The quantitative estimate of drug-likeness (QED) is 0.775. The summed E-state index contributed by atoms with van der Waals surface area (Å²) in [5, 5.41) is 13.8. The highest BCUT2D eigenvalue weighted by Crippen LogP contribution is 2.10. The Bertz CT molecular complexity index is 283. The standard InChI is InChI=1S/C11H17NO2S/c1-9(13)6-7-12-11(14)5-4-10-3-2-8-15-10/h2-3,8-9,13H,4-7H2,1H3,(H,12,14). The summed E-state index contributed by atoms with van der Waals surface area (Å²) in [5.41, 5.74) is 0. The van der Waals surface area contributed by atoms with Gasteiger partial charge >= 0.3 is 0 Å². The monoisotopic (exact) mass is 227 g/mol. The smallest absolute Gasteiger partial charge is 0.220 e. The predicted molar refractivity (Wildman–Crippen MR) is 61.9 cm³/mol. The maximum atomic E-state index is 11.3. The third kappa shape index (κ3) is 5.54. The average Bonchev–Trinajstić information content (AvgIpc) is 2.66. The van der Waals surface area contributed by atoms with Crippen molar-refractivity contribution in [1.29, 1.82) is 0 Å². The van der Waals surface area contributed by atoms with Gasteiger partial charge < -0.3 is 10.4 Å². The van der Waals surface area contributed by atoms with Crippen molar-refractivity contribution in [2.45, 2.75) is 32.3 Å². The molecule has 0 radical (unpaired) electrons. The van der Waals surface area contributed by atoms with Crippen molar-refractivity contribution >= 4 is 17.2 Å². The van der Waals surface area contributed by atoms with Crippen LogP contribution in [0.15, 0.2) is 17.5 Å². The summed E-state index contributed by atoms with van der Waals surface area (Å²) in [5.74, 6) is 0.0593. The fourth-order valence-electron chi connectivity index (χ4n) is 1.20. The van der Waals surface area contributed by atoms with Gasteiger partial charge in [0.2, 0.25) is 5.91 Å². The fourth-order valence-corrected chi connectivity index (χ4v) is 1.91. The molecule has 1 amide bonds. The van der Waals surface area contributed by atoms with Gasteiger partial charge in [-0.05, 0) is 31.2 Å². The molecule has 3 nitrogen and oxygen atoms in total. The van der Waals surface area contributed by atoms with Gasteiger partial charge in [0.05, 0.1) is 6.10 Å². The molecule has 0 saturated carbocycles. The Balaban J connectivity index is 2.09. The second-order valence-electron chi connectivity index (χ2n) is 3.57. The van der Waals surface area contributed by atoms with E-state index in [0.717, 1.165) is 6.42 Å². The molecule has 0 aliphatic carbocycles. The topological polar surface area (TPSA) is 49.3 Å². The van der Waals surface area contributed by atoms with Crippen LogP contribution in [0.1, 0.15) is 24.6 Å². The molecule has 84 valence electrons. The van der Waals surface area contributed by atoms with Crippen LogP contribution in [-0.4, -0.2) is 23.7 Å². The van der Waals surface area contributed by atoms with Crippen molar-refractivity contribution in [1.82, 2.24) is 5.32 Å². The lowest BCUT2D eigenvalue weighted by molar-refractivity contribution is -0.121. The number of nitrogens with one attached hydrogen (secondary N) is 1. The Kier molecular flexibility index (Phi) is 5.36. The molecule has 0 aliphatic heterocycles. The molecule has 0 saturated heterocycles. The number of carbonyl (C=O) groups is 1. The Morgan fingerprint density at radius 3 is 3.07 bits per heavy atom. The van der Waals surface area contributed by atoms with E-state index in [0.29, 0.717) is 19.4 Å². The van der Waals surface area contributed by atoms with Crippen molar-refractivity contribution < 1.29 is 9.90 Å². The van der Waals surface area contributed by atoms with E-state index in [1.54, 1.807) is 18.3 Å².